The summed E-state index contributed by atoms with van der Waals surface area (Å²) in [5.41, 5.74) is 2.06. The van der Waals surface area contributed by atoms with Crippen LogP contribution in [0.1, 0.15) is 27.2 Å². The summed E-state index contributed by atoms with van der Waals surface area (Å²) < 4.78 is 7.82. The van der Waals surface area contributed by atoms with E-state index < -0.39 is 0 Å². The summed E-state index contributed by atoms with van der Waals surface area (Å²) >= 11 is 0. The van der Waals surface area contributed by atoms with Crippen molar-refractivity contribution in [3.8, 4) is 17.1 Å². The zero-order valence-corrected chi connectivity index (χ0v) is 14.9. The molecule has 25 heavy (non-hydrogen) atoms. The van der Waals surface area contributed by atoms with E-state index in [0.717, 1.165) is 22.0 Å². The van der Waals surface area contributed by atoms with Gasteiger partial charge in [0.05, 0.1) is 24.3 Å². The number of carbonyl (C=O) groups is 1. The quantitative estimate of drug-likeness (QED) is 0.769. The van der Waals surface area contributed by atoms with E-state index in [9.17, 15) is 4.79 Å². The second kappa shape index (κ2) is 6.93. The van der Waals surface area contributed by atoms with Crippen LogP contribution in [0.15, 0.2) is 36.8 Å². The molecule has 3 aromatic rings. The number of nitrogens with zero attached hydrogens (tertiary/aromatic N) is 3. The first-order valence-corrected chi connectivity index (χ1v) is 8.36. The number of fused-ring (bicyclic) bond motifs is 1. The van der Waals surface area contributed by atoms with Crippen molar-refractivity contribution in [2.45, 2.75) is 33.3 Å². The first-order valence-electron chi connectivity index (χ1n) is 8.36. The Morgan fingerprint density at radius 1 is 1.32 bits per heavy atom. The molecule has 0 saturated carbocycles. The normalized spacial score (nSPS) is 11.1. The fourth-order valence-corrected chi connectivity index (χ4v) is 2.63. The number of amides is 1. The molecule has 0 unspecified atom stereocenters. The second-order valence-electron chi connectivity index (χ2n) is 6.21. The Morgan fingerprint density at radius 2 is 2.12 bits per heavy atom. The highest BCUT2D eigenvalue weighted by molar-refractivity contribution is 5.96. The van der Waals surface area contributed by atoms with Gasteiger partial charge in [0.1, 0.15) is 5.82 Å². The van der Waals surface area contributed by atoms with Crippen LogP contribution in [-0.4, -0.2) is 26.5 Å². The molecule has 0 aliphatic carbocycles. The van der Waals surface area contributed by atoms with E-state index in [2.05, 4.69) is 21.4 Å². The Hall–Kier alpha value is -2.89. The minimum Gasteiger partial charge on any atom is -0.474 e. The van der Waals surface area contributed by atoms with Crippen LogP contribution in [0.25, 0.3) is 22.0 Å². The lowest BCUT2D eigenvalue weighted by Gasteiger charge is -2.14. The maximum Gasteiger partial charge on any atom is 0.225 e. The maximum absolute atomic E-state index is 11.7. The van der Waals surface area contributed by atoms with Crippen LogP contribution in [-0.2, 0) is 11.8 Å². The van der Waals surface area contributed by atoms with E-state index in [1.807, 2.05) is 56.8 Å². The first kappa shape index (κ1) is 17.0. The lowest BCUT2D eigenvalue weighted by atomic mass is 10.1. The van der Waals surface area contributed by atoms with E-state index in [-0.39, 0.29) is 12.0 Å². The molecule has 0 bridgehead atoms. The molecule has 130 valence electrons. The zero-order valence-electron chi connectivity index (χ0n) is 14.9. The van der Waals surface area contributed by atoms with Crippen molar-refractivity contribution in [1.29, 1.82) is 0 Å². The summed E-state index contributed by atoms with van der Waals surface area (Å²) in [7, 11) is 1.96. The van der Waals surface area contributed by atoms with Gasteiger partial charge in [0.25, 0.3) is 0 Å². The van der Waals surface area contributed by atoms with Crippen LogP contribution in [0.4, 0.5) is 5.82 Å². The van der Waals surface area contributed by atoms with Gasteiger partial charge in [0, 0.05) is 24.4 Å². The topological polar surface area (TPSA) is 69.0 Å². The van der Waals surface area contributed by atoms with Crippen molar-refractivity contribution in [3.63, 3.8) is 0 Å². The van der Waals surface area contributed by atoms with Gasteiger partial charge in [-0.25, -0.2) is 4.98 Å². The summed E-state index contributed by atoms with van der Waals surface area (Å²) in [6.45, 7) is 5.71. The predicted molar refractivity (Wildman–Crippen MR) is 98.6 cm³/mol. The Labute approximate surface area is 146 Å². The zero-order chi connectivity index (χ0) is 18.0. The van der Waals surface area contributed by atoms with Crippen LogP contribution < -0.4 is 10.1 Å². The van der Waals surface area contributed by atoms with Crippen molar-refractivity contribution >= 4 is 22.5 Å². The molecule has 0 spiro atoms. The number of imidazole rings is 1. The third-order valence-corrected chi connectivity index (χ3v) is 3.84. The number of hydrogen-bond acceptors (Lipinski definition) is 4. The van der Waals surface area contributed by atoms with Gasteiger partial charge in [0.15, 0.2) is 0 Å². The molecule has 1 aromatic carbocycles. The molecule has 6 nitrogen and oxygen atoms in total. The smallest absolute Gasteiger partial charge is 0.225 e. The third-order valence-electron chi connectivity index (χ3n) is 3.84. The first-order chi connectivity index (χ1) is 12.0. The lowest BCUT2D eigenvalue weighted by molar-refractivity contribution is -0.115. The molecule has 2 aromatic heterocycles. The van der Waals surface area contributed by atoms with Gasteiger partial charge in [-0.2, -0.15) is 4.98 Å². The average Bonchev–Trinajstić information content (AvgIpc) is 2.99. The molecular formula is C19H22N4O2. The van der Waals surface area contributed by atoms with Crippen LogP contribution in [0, 0.1) is 0 Å². The highest BCUT2D eigenvalue weighted by Crippen LogP contribution is 2.31. The Balaban J connectivity index is 2.13. The fraction of sp³-hybridized carbons (Fsp3) is 0.316. The summed E-state index contributed by atoms with van der Waals surface area (Å²) in [5, 5.41) is 4.68. The molecule has 1 amide bonds. The molecule has 6 heteroatoms. The highest BCUT2D eigenvalue weighted by atomic mass is 16.5. The molecule has 3 rings (SSSR count). The summed E-state index contributed by atoms with van der Waals surface area (Å²) in [4.78, 5) is 20.4. The van der Waals surface area contributed by atoms with E-state index in [1.165, 1.54) is 0 Å². The number of ether oxygens (including phenoxy) is 1. The standard InChI is InChI=1S/C19H22N4O2/c1-5-18(24)21-17-9-14-8-13(16-10-20-11-23(16)4)6-7-15(14)19(22-17)25-12(2)3/h6-12H,5H2,1-4H3,(H,21,22,24). The van der Waals surface area contributed by atoms with E-state index in [4.69, 9.17) is 4.74 Å². The van der Waals surface area contributed by atoms with Crippen molar-refractivity contribution in [3.05, 3.63) is 36.8 Å². The molecule has 0 atom stereocenters. The number of anilines is 1. The van der Waals surface area contributed by atoms with Crippen LogP contribution in [0.2, 0.25) is 0 Å². The molecule has 0 fully saturated rings. The molecule has 0 aliphatic heterocycles. The van der Waals surface area contributed by atoms with Crippen molar-refractivity contribution in [1.82, 2.24) is 14.5 Å². The SMILES string of the molecule is CCC(=O)Nc1cc2cc(-c3cncn3C)ccc2c(OC(C)C)n1. The summed E-state index contributed by atoms with van der Waals surface area (Å²) in [5.74, 6) is 0.942. The molecule has 0 saturated heterocycles. The van der Waals surface area contributed by atoms with Gasteiger partial charge < -0.3 is 14.6 Å². The largest absolute Gasteiger partial charge is 0.474 e. The predicted octanol–water partition coefficient (Wildman–Crippen LogP) is 3.77. The molecule has 0 aliphatic rings. The van der Waals surface area contributed by atoms with E-state index in [1.54, 1.807) is 6.33 Å². The average molecular weight is 338 g/mol. The molecule has 1 N–H and O–H groups in total. The Kier molecular flexibility index (Phi) is 4.70. The minimum absolute atomic E-state index is 0.00965. The molecule has 2 heterocycles. The maximum atomic E-state index is 11.7. The third kappa shape index (κ3) is 3.63. The fourth-order valence-electron chi connectivity index (χ4n) is 2.63. The van der Waals surface area contributed by atoms with Crippen molar-refractivity contribution < 1.29 is 9.53 Å². The number of rotatable bonds is 5. The van der Waals surface area contributed by atoms with Crippen LogP contribution in [0.5, 0.6) is 5.88 Å². The summed E-state index contributed by atoms with van der Waals surface area (Å²) in [6.07, 6.45) is 3.99. The Bertz CT molecular complexity index is 915. The monoisotopic (exact) mass is 338 g/mol. The van der Waals surface area contributed by atoms with Gasteiger partial charge in [-0.05, 0) is 37.4 Å². The number of nitrogens with one attached hydrogen (secondary N) is 1. The van der Waals surface area contributed by atoms with Gasteiger partial charge in [-0.15, -0.1) is 0 Å². The number of hydrogen-bond donors (Lipinski definition) is 1. The minimum atomic E-state index is -0.0786. The number of carbonyl (C=O) groups excluding carboxylic acids is 1. The van der Waals surface area contributed by atoms with Crippen LogP contribution in [0.3, 0.4) is 0 Å². The highest BCUT2D eigenvalue weighted by Gasteiger charge is 2.12. The summed E-state index contributed by atoms with van der Waals surface area (Å²) in [6, 6.07) is 7.95. The molecular weight excluding hydrogens is 316 g/mol. The Morgan fingerprint density at radius 3 is 2.76 bits per heavy atom. The van der Waals surface area contributed by atoms with Crippen molar-refractivity contribution in [2.75, 3.05) is 5.32 Å². The van der Waals surface area contributed by atoms with E-state index >= 15 is 0 Å². The van der Waals surface area contributed by atoms with Gasteiger partial charge >= 0.3 is 0 Å². The van der Waals surface area contributed by atoms with Gasteiger partial charge in [-0.3, -0.25) is 4.79 Å². The second-order valence-corrected chi connectivity index (χ2v) is 6.21. The van der Waals surface area contributed by atoms with Crippen LogP contribution >= 0.6 is 0 Å². The van der Waals surface area contributed by atoms with Gasteiger partial charge in [0.2, 0.25) is 11.8 Å². The van der Waals surface area contributed by atoms with Crippen molar-refractivity contribution in [2.24, 2.45) is 7.05 Å². The number of pyridine rings is 1. The van der Waals surface area contributed by atoms with E-state index in [0.29, 0.717) is 18.1 Å². The van der Waals surface area contributed by atoms with Gasteiger partial charge in [-0.1, -0.05) is 13.0 Å². The number of aromatic nitrogens is 3. The lowest BCUT2D eigenvalue weighted by Crippen LogP contribution is -2.13. The molecule has 0 radical (unpaired) electrons. The number of aryl methyl sites for hydroxylation is 1. The number of benzene rings is 1.